The molecule has 17 heavy (non-hydrogen) atoms. The number of methoxy groups -OCH3 is 1. The molecule has 0 aliphatic heterocycles. The summed E-state index contributed by atoms with van der Waals surface area (Å²) in [5.74, 6) is -2.46. The third-order valence-corrected chi connectivity index (χ3v) is 2.23. The number of primary amides is 1. The summed E-state index contributed by atoms with van der Waals surface area (Å²) in [6, 6.07) is 5.93. The van der Waals surface area contributed by atoms with Crippen molar-refractivity contribution in [2.45, 2.75) is 5.92 Å². The van der Waals surface area contributed by atoms with E-state index >= 15 is 0 Å². The fourth-order valence-electron chi connectivity index (χ4n) is 1.37. The Morgan fingerprint density at radius 3 is 2.53 bits per heavy atom. The van der Waals surface area contributed by atoms with Gasteiger partial charge in [-0.2, -0.15) is 5.26 Å². The Morgan fingerprint density at radius 1 is 1.47 bits per heavy atom. The highest BCUT2D eigenvalue weighted by Crippen LogP contribution is 2.23. The zero-order valence-electron chi connectivity index (χ0n) is 9.14. The van der Waals surface area contributed by atoms with Gasteiger partial charge in [-0.3, -0.25) is 4.79 Å². The molecular formula is C11H11N3O3. The van der Waals surface area contributed by atoms with Gasteiger partial charge in [-0.25, -0.2) is 4.79 Å². The SMILES string of the molecule is COC(=O)c1ccc([C@H](C#N)C(N)=O)c(N)c1. The lowest BCUT2D eigenvalue weighted by Gasteiger charge is -2.09. The van der Waals surface area contributed by atoms with Crippen LogP contribution in [-0.2, 0) is 9.53 Å². The number of nitrogen functional groups attached to an aromatic ring is 1. The number of ether oxygens (including phenoxy) is 1. The van der Waals surface area contributed by atoms with Crippen LogP contribution in [-0.4, -0.2) is 19.0 Å². The molecule has 1 aromatic rings. The van der Waals surface area contributed by atoms with E-state index in [1.165, 1.54) is 25.3 Å². The summed E-state index contributed by atoms with van der Waals surface area (Å²) in [5, 5.41) is 8.80. The van der Waals surface area contributed by atoms with Crippen LogP contribution < -0.4 is 11.5 Å². The molecule has 0 fully saturated rings. The Hall–Kier alpha value is -2.55. The van der Waals surface area contributed by atoms with Crippen LogP contribution >= 0.6 is 0 Å². The summed E-state index contributed by atoms with van der Waals surface area (Å²) >= 11 is 0. The zero-order valence-corrected chi connectivity index (χ0v) is 9.14. The standard InChI is InChI=1S/C11H11N3O3/c1-17-11(16)6-2-3-7(9(13)4-6)8(5-12)10(14)15/h2-4,8H,13H2,1H3,(H2,14,15)/t8-/m0/s1. The summed E-state index contributed by atoms with van der Waals surface area (Å²) in [7, 11) is 1.24. The molecule has 0 aliphatic rings. The number of nitrogens with zero attached hydrogens (tertiary/aromatic N) is 1. The lowest BCUT2D eigenvalue weighted by Crippen LogP contribution is -2.21. The average molecular weight is 233 g/mol. The summed E-state index contributed by atoms with van der Waals surface area (Å²) in [5.41, 5.74) is 11.4. The fraction of sp³-hybridized carbons (Fsp3) is 0.182. The Bertz CT molecular complexity index is 505. The molecular weight excluding hydrogens is 222 g/mol. The molecule has 0 heterocycles. The Balaban J connectivity index is 3.18. The molecule has 1 atom stereocenters. The predicted molar refractivity (Wildman–Crippen MR) is 59.7 cm³/mol. The van der Waals surface area contributed by atoms with Crippen molar-refractivity contribution >= 4 is 17.6 Å². The maximum atomic E-state index is 11.2. The van der Waals surface area contributed by atoms with Crippen molar-refractivity contribution in [2.75, 3.05) is 12.8 Å². The maximum absolute atomic E-state index is 11.2. The van der Waals surface area contributed by atoms with E-state index in [-0.39, 0.29) is 16.8 Å². The third kappa shape index (κ3) is 2.52. The smallest absolute Gasteiger partial charge is 0.337 e. The van der Waals surface area contributed by atoms with E-state index in [1.54, 1.807) is 6.07 Å². The summed E-state index contributed by atoms with van der Waals surface area (Å²) in [6.45, 7) is 0. The number of rotatable bonds is 3. The van der Waals surface area contributed by atoms with E-state index in [0.717, 1.165) is 0 Å². The molecule has 0 saturated carbocycles. The topological polar surface area (TPSA) is 119 Å². The molecule has 0 radical (unpaired) electrons. The van der Waals surface area contributed by atoms with Crippen LogP contribution in [0.25, 0.3) is 0 Å². The third-order valence-electron chi connectivity index (χ3n) is 2.23. The minimum atomic E-state index is -1.12. The van der Waals surface area contributed by atoms with Crippen LogP contribution in [0.5, 0.6) is 0 Å². The Labute approximate surface area is 97.8 Å². The van der Waals surface area contributed by atoms with E-state index in [2.05, 4.69) is 4.74 Å². The maximum Gasteiger partial charge on any atom is 0.337 e. The molecule has 1 amide bonds. The first-order valence-electron chi connectivity index (χ1n) is 4.68. The molecule has 1 rings (SSSR count). The minimum Gasteiger partial charge on any atom is -0.465 e. The molecule has 88 valence electrons. The van der Waals surface area contributed by atoms with Gasteiger partial charge in [0.2, 0.25) is 5.91 Å². The molecule has 0 saturated heterocycles. The molecule has 0 aliphatic carbocycles. The molecule has 0 bridgehead atoms. The molecule has 0 aromatic heterocycles. The van der Waals surface area contributed by atoms with Crippen LogP contribution in [0.4, 0.5) is 5.69 Å². The number of nitrogens with two attached hydrogens (primary N) is 2. The second kappa shape index (κ2) is 4.99. The van der Waals surface area contributed by atoms with Gasteiger partial charge in [0.1, 0.15) is 0 Å². The Kier molecular flexibility index (Phi) is 3.67. The summed E-state index contributed by atoms with van der Waals surface area (Å²) in [6.07, 6.45) is 0. The molecule has 1 aromatic carbocycles. The summed E-state index contributed by atoms with van der Waals surface area (Å²) in [4.78, 5) is 22.2. The van der Waals surface area contributed by atoms with Crippen LogP contribution in [0.2, 0.25) is 0 Å². The van der Waals surface area contributed by atoms with Gasteiger partial charge in [0.25, 0.3) is 0 Å². The van der Waals surface area contributed by atoms with Crippen molar-refractivity contribution in [3.63, 3.8) is 0 Å². The molecule has 0 unspecified atom stereocenters. The van der Waals surface area contributed by atoms with Gasteiger partial charge in [-0.05, 0) is 12.1 Å². The second-order valence-electron chi connectivity index (χ2n) is 3.30. The molecule has 6 heteroatoms. The van der Waals surface area contributed by atoms with Gasteiger partial charge in [0, 0.05) is 11.3 Å². The quantitative estimate of drug-likeness (QED) is 0.568. The van der Waals surface area contributed by atoms with Gasteiger partial charge in [-0.1, -0.05) is 6.07 Å². The minimum absolute atomic E-state index is 0.151. The lowest BCUT2D eigenvalue weighted by atomic mass is 9.97. The van der Waals surface area contributed by atoms with E-state index in [9.17, 15) is 9.59 Å². The van der Waals surface area contributed by atoms with Gasteiger partial charge < -0.3 is 16.2 Å². The first-order valence-corrected chi connectivity index (χ1v) is 4.68. The molecule has 4 N–H and O–H groups in total. The molecule has 6 nitrogen and oxygen atoms in total. The van der Waals surface area contributed by atoms with E-state index in [0.29, 0.717) is 0 Å². The van der Waals surface area contributed by atoms with Crippen molar-refractivity contribution in [1.82, 2.24) is 0 Å². The van der Waals surface area contributed by atoms with E-state index in [4.69, 9.17) is 16.7 Å². The van der Waals surface area contributed by atoms with Crippen molar-refractivity contribution < 1.29 is 14.3 Å². The number of carbonyl (C=O) groups excluding carboxylic acids is 2. The van der Waals surface area contributed by atoms with Crippen LogP contribution in [0, 0.1) is 11.3 Å². The van der Waals surface area contributed by atoms with E-state index < -0.39 is 17.8 Å². The summed E-state index contributed by atoms with van der Waals surface area (Å²) < 4.78 is 4.51. The van der Waals surface area contributed by atoms with Crippen LogP contribution in [0.3, 0.4) is 0 Å². The van der Waals surface area contributed by atoms with Crippen molar-refractivity contribution in [2.24, 2.45) is 5.73 Å². The number of amides is 1. The second-order valence-corrected chi connectivity index (χ2v) is 3.30. The number of benzene rings is 1. The number of nitriles is 1. The van der Waals surface area contributed by atoms with Crippen LogP contribution in [0.1, 0.15) is 21.8 Å². The van der Waals surface area contributed by atoms with Crippen molar-refractivity contribution in [3.8, 4) is 6.07 Å². The van der Waals surface area contributed by atoms with Gasteiger partial charge >= 0.3 is 5.97 Å². The van der Waals surface area contributed by atoms with Gasteiger partial charge in [-0.15, -0.1) is 0 Å². The van der Waals surface area contributed by atoms with Gasteiger partial charge in [0.15, 0.2) is 5.92 Å². The highest BCUT2D eigenvalue weighted by Gasteiger charge is 2.20. The highest BCUT2D eigenvalue weighted by molar-refractivity contribution is 5.92. The van der Waals surface area contributed by atoms with E-state index in [1.807, 2.05) is 0 Å². The van der Waals surface area contributed by atoms with Crippen molar-refractivity contribution in [1.29, 1.82) is 5.26 Å². The first-order chi connectivity index (χ1) is 8.01. The lowest BCUT2D eigenvalue weighted by molar-refractivity contribution is -0.118. The van der Waals surface area contributed by atoms with Crippen molar-refractivity contribution in [3.05, 3.63) is 29.3 Å². The zero-order chi connectivity index (χ0) is 13.0. The highest BCUT2D eigenvalue weighted by atomic mass is 16.5. The number of hydrogen-bond donors (Lipinski definition) is 2. The monoisotopic (exact) mass is 233 g/mol. The largest absolute Gasteiger partial charge is 0.465 e. The Morgan fingerprint density at radius 2 is 2.12 bits per heavy atom. The first kappa shape index (κ1) is 12.5. The number of esters is 1. The number of carbonyl (C=O) groups is 2. The number of hydrogen-bond acceptors (Lipinski definition) is 5. The van der Waals surface area contributed by atoms with Gasteiger partial charge in [0.05, 0.1) is 18.7 Å². The fourth-order valence-corrected chi connectivity index (χ4v) is 1.37. The predicted octanol–water partition coefficient (Wildman–Crippen LogP) is 0.148. The molecule has 0 spiro atoms. The average Bonchev–Trinajstić information content (AvgIpc) is 2.30. The van der Waals surface area contributed by atoms with Crippen LogP contribution in [0.15, 0.2) is 18.2 Å². The normalized spacial score (nSPS) is 11.3. The number of anilines is 1.